The maximum absolute atomic E-state index is 12.5. The van der Waals surface area contributed by atoms with Gasteiger partial charge in [0.1, 0.15) is 23.2 Å². The molecule has 2 rings (SSSR count). The third-order valence-electron chi connectivity index (χ3n) is 4.04. The summed E-state index contributed by atoms with van der Waals surface area (Å²) < 4.78 is 21.1. The van der Waals surface area contributed by atoms with E-state index in [1.807, 2.05) is 6.07 Å². The van der Waals surface area contributed by atoms with Crippen LogP contribution in [0.4, 0.5) is 0 Å². The number of esters is 1. The highest BCUT2D eigenvalue weighted by Crippen LogP contribution is 2.40. The number of hydrogen-bond acceptors (Lipinski definition) is 7. The van der Waals surface area contributed by atoms with E-state index in [-0.39, 0.29) is 23.6 Å². The van der Waals surface area contributed by atoms with Crippen molar-refractivity contribution in [3.63, 3.8) is 0 Å². The van der Waals surface area contributed by atoms with Gasteiger partial charge in [-0.1, -0.05) is 6.07 Å². The van der Waals surface area contributed by atoms with E-state index < -0.39 is 11.9 Å². The Hall–Kier alpha value is -2.98. The van der Waals surface area contributed by atoms with E-state index in [9.17, 15) is 10.1 Å². The molecule has 0 aromatic heterocycles. The molecule has 1 aromatic carbocycles. The molecule has 1 aliphatic rings. The summed E-state index contributed by atoms with van der Waals surface area (Å²) in [5, 5.41) is 9.59. The molecule has 0 saturated heterocycles. The molecule has 1 atom stereocenters. The molecule has 0 saturated carbocycles. The summed E-state index contributed by atoms with van der Waals surface area (Å²) in [5.41, 5.74) is 7.80. The Morgan fingerprint density at radius 3 is 2.69 bits per heavy atom. The first-order valence-electron chi connectivity index (χ1n) is 8.09. The molecule has 0 unspecified atom stereocenters. The lowest BCUT2D eigenvalue weighted by molar-refractivity contribution is -0.139. The van der Waals surface area contributed by atoms with Gasteiger partial charge in [0.05, 0.1) is 31.8 Å². The number of allylic oxidation sites excluding steroid dienone is 2. The van der Waals surface area contributed by atoms with Gasteiger partial charge in [-0.05, 0) is 31.5 Å². The van der Waals surface area contributed by atoms with Gasteiger partial charge in [0.15, 0.2) is 0 Å². The highest BCUT2D eigenvalue weighted by Gasteiger charge is 2.36. The van der Waals surface area contributed by atoms with E-state index in [0.29, 0.717) is 23.7 Å². The number of nitrogens with zero attached hydrogens (tertiary/aromatic N) is 1. The van der Waals surface area contributed by atoms with Gasteiger partial charge in [-0.3, -0.25) is 0 Å². The summed E-state index contributed by atoms with van der Waals surface area (Å²) in [7, 11) is 3.14. The van der Waals surface area contributed by atoms with Gasteiger partial charge in [-0.2, -0.15) is 5.26 Å². The van der Waals surface area contributed by atoms with Crippen LogP contribution >= 0.6 is 0 Å². The Morgan fingerprint density at radius 2 is 2.12 bits per heavy atom. The monoisotopic (exact) mass is 358 g/mol. The summed E-state index contributed by atoms with van der Waals surface area (Å²) in [6.45, 7) is 3.87. The lowest BCUT2D eigenvalue weighted by atomic mass is 9.82. The van der Waals surface area contributed by atoms with Crippen LogP contribution in [0.25, 0.3) is 0 Å². The van der Waals surface area contributed by atoms with Gasteiger partial charge in [-0.15, -0.1) is 0 Å². The van der Waals surface area contributed by atoms with E-state index in [1.54, 1.807) is 40.2 Å². The number of nitriles is 1. The fraction of sp³-hybridized carbons (Fsp3) is 0.368. The van der Waals surface area contributed by atoms with Crippen molar-refractivity contribution in [2.75, 3.05) is 20.8 Å². The van der Waals surface area contributed by atoms with Gasteiger partial charge in [0.2, 0.25) is 5.88 Å². The number of benzene rings is 1. The predicted molar refractivity (Wildman–Crippen MR) is 93.7 cm³/mol. The van der Waals surface area contributed by atoms with Crippen molar-refractivity contribution >= 4 is 5.97 Å². The highest BCUT2D eigenvalue weighted by molar-refractivity contribution is 5.92. The highest BCUT2D eigenvalue weighted by atomic mass is 16.5. The molecule has 7 nitrogen and oxygen atoms in total. The summed E-state index contributed by atoms with van der Waals surface area (Å²) in [5.74, 6) is -0.286. The van der Waals surface area contributed by atoms with E-state index in [4.69, 9.17) is 24.7 Å². The molecule has 1 aliphatic heterocycles. The summed E-state index contributed by atoms with van der Waals surface area (Å²) in [4.78, 5) is 12.5. The summed E-state index contributed by atoms with van der Waals surface area (Å²) >= 11 is 0. The fourth-order valence-electron chi connectivity index (χ4n) is 2.93. The van der Waals surface area contributed by atoms with Crippen molar-refractivity contribution in [2.45, 2.75) is 26.4 Å². The van der Waals surface area contributed by atoms with Crippen LogP contribution in [0.1, 0.15) is 30.9 Å². The van der Waals surface area contributed by atoms with Crippen LogP contribution < -0.4 is 10.5 Å². The number of carbonyl (C=O) groups is 1. The lowest BCUT2D eigenvalue weighted by Gasteiger charge is -2.27. The molecule has 7 heteroatoms. The molecule has 0 radical (unpaired) electrons. The van der Waals surface area contributed by atoms with E-state index in [2.05, 4.69) is 6.07 Å². The van der Waals surface area contributed by atoms with Crippen LogP contribution in [-0.4, -0.2) is 26.8 Å². The maximum Gasteiger partial charge on any atom is 0.338 e. The molecule has 0 spiro atoms. The molecule has 26 heavy (non-hydrogen) atoms. The average Bonchev–Trinajstić information content (AvgIpc) is 2.61. The Balaban J connectivity index is 2.63. The minimum absolute atomic E-state index is 0.0211. The van der Waals surface area contributed by atoms with Crippen LogP contribution in [0.15, 0.2) is 41.0 Å². The topological polar surface area (TPSA) is 104 Å². The SMILES string of the molecule is CCOC(=O)C1=C(C)OC(N)=C(C#N)[C@H]1c1ccc(OC)c(COC)c1. The van der Waals surface area contributed by atoms with Gasteiger partial charge in [0, 0.05) is 12.7 Å². The molecular weight excluding hydrogens is 336 g/mol. The molecule has 2 N–H and O–H groups in total. The molecule has 0 fully saturated rings. The normalized spacial score (nSPS) is 16.8. The third kappa shape index (κ3) is 3.65. The van der Waals surface area contributed by atoms with E-state index in [1.165, 1.54) is 0 Å². The summed E-state index contributed by atoms with van der Waals surface area (Å²) in [6.07, 6.45) is 0. The van der Waals surface area contributed by atoms with Crippen LogP contribution in [0.2, 0.25) is 0 Å². The smallest absolute Gasteiger partial charge is 0.338 e. The Kier molecular flexibility index (Phi) is 6.26. The molecule has 0 bridgehead atoms. The minimum atomic E-state index is -0.686. The molecule has 0 aliphatic carbocycles. The number of ether oxygens (including phenoxy) is 4. The second kappa shape index (κ2) is 8.41. The standard InChI is InChI=1S/C19H22N2O5/c1-5-25-19(22)16-11(2)26-18(21)14(9-20)17(16)12-6-7-15(24-4)13(8-12)10-23-3/h6-8,17H,5,10,21H2,1-4H3/t17-/m1/s1. The zero-order chi connectivity index (χ0) is 19.3. The lowest BCUT2D eigenvalue weighted by Crippen LogP contribution is -2.25. The van der Waals surface area contributed by atoms with Crippen molar-refractivity contribution in [3.8, 4) is 11.8 Å². The zero-order valence-electron chi connectivity index (χ0n) is 15.3. The van der Waals surface area contributed by atoms with E-state index in [0.717, 1.165) is 5.56 Å². The van der Waals surface area contributed by atoms with E-state index >= 15 is 0 Å². The largest absolute Gasteiger partial charge is 0.496 e. The van der Waals surface area contributed by atoms with Crippen molar-refractivity contribution in [2.24, 2.45) is 5.73 Å². The predicted octanol–water partition coefficient (Wildman–Crippen LogP) is 2.49. The first kappa shape index (κ1) is 19.3. The number of hydrogen-bond donors (Lipinski definition) is 1. The van der Waals surface area contributed by atoms with Crippen LogP contribution in [0.3, 0.4) is 0 Å². The van der Waals surface area contributed by atoms with Crippen molar-refractivity contribution in [1.29, 1.82) is 5.26 Å². The number of rotatable bonds is 6. The number of carbonyl (C=O) groups excluding carboxylic acids is 1. The number of nitrogens with two attached hydrogens (primary N) is 1. The van der Waals surface area contributed by atoms with Crippen molar-refractivity contribution in [3.05, 3.63) is 52.1 Å². The van der Waals surface area contributed by atoms with Crippen LogP contribution in [0, 0.1) is 11.3 Å². The van der Waals surface area contributed by atoms with Gasteiger partial charge < -0.3 is 24.7 Å². The van der Waals surface area contributed by atoms with Gasteiger partial charge >= 0.3 is 5.97 Å². The quantitative estimate of drug-likeness (QED) is 0.779. The average molecular weight is 358 g/mol. The van der Waals surface area contributed by atoms with Crippen LogP contribution in [-0.2, 0) is 25.6 Å². The minimum Gasteiger partial charge on any atom is -0.496 e. The Morgan fingerprint density at radius 1 is 1.38 bits per heavy atom. The second-order valence-electron chi connectivity index (χ2n) is 5.62. The molecule has 1 heterocycles. The summed E-state index contributed by atoms with van der Waals surface area (Å²) in [6, 6.07) is 7.43. The Bertz CT molecular complexity index is 805. The third-order valence-corrected chi connectivity index (χ3v) is 4.04. The second-order valence-corrected chi connectivity index (χ2v) is 5.62. The number of methoxy groups -OCH3 is 2. The van der Waals surface area contributed by atoms with Crippen molar-refractivity contribution in [1.82, 2.24) is 0 Å². The molecule has 0 amide bonds. The first-order valence-corrected chi connectivity index (χ1v) is 8.09. The molecule has 138 valence electrons. The molecule has 1 aromatic rings. The zero-order valence-corrected chi connectivity index (χ0v) is 15.3. The van der Waals surface area contributed by atoms with Gasteiger partial charge in [-0.25, -0.2) is 4.79 Å². The molecular formula is C19H22N2O5. The fourth-order valence-corrected chi connectivity index (χ4v) is 2.93. The first-order chi connectivity index (χ1) is 12.5. The van der Waals surface area contributed by atoms with Crippen molar-refractivity contribution < 1.29 is 23.7 Å². The Labute approximate surface area is 152 Å². The van der Waals surface area contributed by atoms with Gasteiger partial charge in [0.25, 0.3) is 0 Å². The van der Waals surface area contributed by atoms with Crippen LogP contribution in [0.5, 0.6) is 5.75 Å². The maximum atomic E-state index is 12.5.